The molecule has 1 aliphatic rings. The normalized spacial score (nSPS) is 17.1. The third kappa shape index (κ3) is 4.10. The molecule has 0 aliphatic carbocycles. The number of hydrogen-bond acceptors (Lipinski definition) is 3. The van der Waals surface area contributed by atoms with E-state index in [0.29, 0.717) is 51.9 Å². The molecule has 0 radical (unpaired) electrons. The lowest BCUT2D eigenvalue weighted by atomic mass is 9.75. The fourth-order valence-corrected chi connectivity index (χ4v) is 2.95. The fraction of sp³-hybridized carbons (Fsp3) is 0.800. The molecule has 0 saturated carbocycles. The van der Waals surface area contributed by atoms with Crippen LogP contribution >= 0.6 is 0 Å². The summed E-state index contributed by atoms with van der Waals surface area (Å²) in [7, 11) is 0. The van der Waals surface area contributed by atoms with Crippen molar-refractivity contribution in [2.45, 2.75) is 46.0 Å². The zero-order valence-corrected chi connectivity index (χ0v) is 13.0. The van der Waals surface area contributed by atoms with E-state index in [0.717, 1.165) is 6.42 Å². The van der Waals surface area contributed by atoms with Gasteiger partial charge in [-0.25, -0.2) is 4.79 Å². The van der Waals surface area contributed by atoms with Crippen LogP contribution in [0, 0.1) is 16.7 Å². The smallest absolute Gasteiger partial charge is 0.320 e. The van der Waals surface area contributed by atoms with Crippen LogP contribution in [0.25, 0.3) is 0 Å². The van der Waals surface area contributed by atoms with Crippen molar-refractivity contribution >= 4 is 12.0 Å². The van der Waals surface area contributed by atoms with Gasteiger partial charge in [-0.05, 0) is 26.2 Å². The van der Waals surface area contributed by atoms with Gasteiger partial charge in [0.2, 0.25) is 0 Å². The van der Waals surface area contributed by atoms with Crippen LogP contribution in [0.3, 0.4) is 0 Å². The molecule has 6 nitrogen and oxygen atoms in total. The van der Waals surface area contributed by atoms with Crippen molar-refractivity contribution in [3.8, 4) is 6.07 Å². The molecule has 1 heterocycles. The molecule has 0 aromatic heterocycles. The molecule has 6 heteroatoms. The van der Waals surface area contributed by atoms with E-state index < -0.39 is 11.4 Å². The summed E-state index contributed by atoms with van der Waals surface area (Å²) in [5.74, 6) is -0.742. The van der Waals surface area contributed by atoms with E-state index in [1.807, 2.05) is 19.9 Å². The van der Waals surface area contributed by atoms with Crippen LogP contribution in [-0.4, -0.2) is 53.1 Å². The van der Waals surface area contributed by atoms with Gasteiger partial charge in [0, 0.05) is 26.2 Å². The van der Waals surface area contributed by atoms with Gasteiger partial charge < -0.3 is 14.9 Å². The maximum absolute atomic E-state index is 12.4. The number of aliphatic carboxylic acids is 1. The van der Waals surface area contributed by atoms with Crippen LogP contribution in [0.4, 0.5) is 4.79 Å². The molecule has 0 spiro atoms. The lowest BCUT2D eigenvalue weighted by Crippen LogP contribution is -2.51. The molecule has 1 rings (SSSR count). The predicted molar refractivity (Wildman–Crippen MR) is 78.7 cm³/mol. The minimum absolute atomic E-state index is 0.0803. The Bertz CT molecular complexity index is 409. The Hall–Kier alpha value is -1.77. The topological polar surface area (TPSA) is 84.6 Å². The van der Waals surface area contributed by atoms with Gasteiger partial charge in [0.15, 0.2) is 0 Å². The van der Waals surface area contributed by atoms with Gasteiger partial charge >= 0.3 is 12.0 Å². The molecule has 1 fully saturated rings. The summed E-state index contributed by atoms with van der Waals surface area (Å²) >= 11 is 0. The number of carboxylic acids is 1. The zero-order chi connectivity index (χ0) is 15.9. The highest BCUT2D eigenvalue weighted by Gasteiger charge is 2.41. The number of hydrogen-bond donors (Lipinski definition) is 1. The summed E-state index contributed by atoms with van der Waals surface area (Å²) in [5, 5.41) is 18.1. The summed E-state index contributed by atoms with van der Waals surface area (Å²) in [6, 6.07) is 1.96. The first-order valence-corrected chi connectivity index (χ1v) is 7.65. The lowest BCUT2D eigenvalue weighted by molar-refractivity contribution is -0.152. The maximum atomic E-state index is 12.4. The maximum Gasteiger partial charge on any atom is 0.320 e. The van der Waals surface area contributed by atoms with Crippen molar-refractivity contribution < 1.29 is 14.7 Å². The molecule has 1 saturated heterocycles. The molecule has 0 aromatic carbocycles. The third-order valence-corrected chi connectivity index (χ3v) is 4.32. The summed E-state index contributed by atoms with van der Waals surface area (Å²) in [6.07, 6.45) is 2.84. The number of carbonyl (C=O) groups is 2. The number of likely N-dealkylation sites (tertiary alicyclic amines) is 1. The second kappa shape index (κ2) is 7.87. The Morgan fingerprint density at radius 3 is 2.38 bits per heavy atom. The number of nitrogens with zero attached hydrogens (tertiary/aromatic N) is 3. The van der Waals surface area contributed by atoms with Gasteiger partial charge in [-0.2, -0.15) is 5.26 Å². The van der Waals surface area contributed by atoms with E-state index in [9.17, 15) is 14.7 Å². The quantitative estimate of drug-likeness (QED) is 0.815. The van der Waals surface area contributed by atoms with Gasteiger partial charge in [-0.1, -0.05) is 13.3 Å². The minimum Gasteiger partial charge on any atom is -0.481 e. The molecule has 0 bridgehead atoms. The largest absolute Gasteiger partial charge is 0.481 e. The number of rotatable bonds is 6. The Morgan fingerprint density at radius 1 is 1.33 bits per heavy atom. The highest BCUT2D eigenvalue weighted by atomic mass is 16.4. The van der Waals surface area contributed by atoms with Crippen molar-refractivity contribution in [3.63, 3.8) is 0 Å². The van der Waals surface area contributed by atoms with Crippen molar-refractivity contribution in [1.82, 2.24) is 9.80 Å². The number of carbonyl (C=O) groups excluding carboxylic acids is 1. The average molecular weight is 295 g/mol. The molecule has 1 aliphatic heterocycles. The Labute approximate surface area is 126 Å². The number of urea groups is 1. The molecule has 1 N–H and O–H groups in total. The summed E-state index contributed by atoms with van der Waals surface area (Å²) in [6.45, 7) is 5.83. The second-order valence-electron chi connectivity index (χ2n) is 5.59. The fourth-order valence-electron chi connectivity index (χ4n) is 2.95. The lowest BCUT2D eigenvalue weighted by Gasteiger charge is -2.40. The van der Waals surface area contributed by atoms with Gasteiger partial charge in [0.05, 0.1) is 17.9 Å². The van der Waals surface area contributed by atoms with Crippen molar-refractivity contribution in [2.75, 3.05) is 26.2 Å². The summed E-state index contributed by atoms with van der Waals surface area (Å²) < 4.78 is 0. The van der Waals surface area contributed by atoms with Crippen molar-refractivity contribution in [1.29, 1.82) is 5.26 Å². The molecule has 0 aromatic rings. The Balaban J connectivity index is 2.64. The molecular weight excluding hydrogens is 270 g/mol. The molecule has 0 atom stereocenters. The molecule has 0 unspecified atom stereocenters. The van der Waals surface area contributed by atoms with E-state index in [4.69, 9.17) is 5.26 Å². The van der Waals surface area contributed by atoms with E-state index in [2.05, 4.69) is 0 Å². The molecule has 118 valence electrons. The highest BCUT2D eigenvalue weighted by molar-refractivity contribution is 5.77. The first-order valence-electron chi connectivity index (χ1n) is 7.65. The first-order chi connectivity index (χ1) is 10.0. The van der Waals surface area contributed by atoms with Gasteiger partial charge in [-0.3, -0.25) is 4.79 Å². The highest BCUT2D eigenvalue weighted by Crippen LogP contribution is 2.36. The van der Waals surface area contributed by atoms with Crippen LogP contribution in [0.2, 0.25) is 0 Å². The zero-order valence-electron chi connectivity index (χ0n) is 13.0. The Morgan fingerprint density at radius 2 is 1.95 bits per heavy atom. The van der Waals surface area contributed by atoms with Crippen molar-refractivity contribution in [3.05, 3.63) is 0 Å². The number of nitriles is 1. The number of carboxylic acid groups (broad SMARTS) is 1. The third-order valence-electron chi connectivity index (χ3n) is 4.32. The van der Waals surface area contributed by atoms with Crippen LogP contribution in [0.15, 0.2) is 0 Å². The number of amides is 2. The monoisotopic (exact) mass is 295 g/mol. The van der Waals surface area contributed by atoms with E-state index >= 15 is 0 Å². The van der Waals surface area contributed by atoms with E-state index in [-0.39, 0.29) is 6.03 Å². The number of piperidine rings is 1. The van der Waals surface area contributed by atoms with Gasteiger partial charge in [-0.15, -0.1) is 0 Å². The second-order valence-corrected chi connectivity index (χ2v) is 5.59. The van der Waals surface area contributed by atoms with Gasteiger partial charge in [0.1, 0.15) is 0 Å². The van der Waals surface area contributed by atoms with Gasteiger partial charge in [0.25, 0.3) is 0 Å². The predicted octanol–water partition coefficient (Wildman–Crippen LogP) is 2.31. The van der Waals surface area contributed by atoms with E-state index in [1.54, 1.807) is 9.80 Å². The average Bonchev–Trinajstić information content (AvgIpc) is 2.48. The van der Waals surface area contributed by atoms with Crippen LogP contribution < -0.4 is 0 Å². The summed E-state index contributed by atoms with van der Waals surface area (Å²) in [5.41, 5.74) is -0.671. The molecule has 21 heavy (non-hydrogen) atoms. The van der Waals surface area contributed by atoms with Crippen molar-refractivity contribution in [2.24, 2.45) is 5.41 Å². The van der Waals surface area contributed by atoms with Crippen LogP contribution in [0.5, 0.6) is 0 Å². The SMILES string of the molecule is CCCC1(C(=O)O)CCN(C(=O)N(CC)CCC#N)CC1. The summed E-state index contributed by atoms with van der Waals surface area (Å²) in [4.78, 5) is 27.3. The first kappa shape index (κ1) is 17.3. The standard InChI is InChI=1S/C15H25N3O3/c1-3-6-15(13(19)20)7-11-18(12-8-15)14(21)17(4-2)10-5-9-16/h3-8,10-12H2,1-2H3,(H,19,20). The molecule has 2 amide bonds. The van der Waals surface area contributed by atoms with E-state index in [1.165, 1.54) is 0 Å². The minimum atomic E-state index is -0.742. The van der Waals surface area contributed by atoms with Crippen LogP contribution in [0.1, 0.15) is 46.0 Å². The van der Waals surface area contributed by atoms with Crippen LogP contribution in [-0.2, 0) is 4.79 Å². The Kier molecular flexibility index (Phi) is 6.47. The molecular formula is C15H25N3O3.